The molecule has 15 heavy (non-hydrogen) atoms. The van der Waals surface area contributed by atoms with E-state index in [9.17, 15) is 0 Å². The molecule has 0 aliphatic carbocycles. The third-order valence-corrected chi connectivity index (χ3v) is 2.58. The van der Waals surface area contributed by atoms with E-state index in [0.29, 0.717) is 16.7 Å². The molecule has 0 radical (unpaired) electrons. The first-order valence-corrected chi connectivity index (χ1v) is 5.03. The minimum atomic E-state index is -0.0383. The van der Waals surface area contributed by atoms with E-state index < -0.39 is 0 Å². The molecule has 1 unspecified atom stereocenters. The van der Waals surface area contributed by atoms with Crippen molar-refractivity contribution in [1.82, 2.24) is 0 Å². The van der Waals surface area contributed by atoms with Crippen LogP contribution in [0, 0.1) is 5.92 Å². The summed E-state index contributed by atoms with van der Waals surface area (Å²) in [6.45, 7) is 4.15. The van der Waals surface area contributed by atoms with Gasteiger partial charge in [-0.05, 0) is 12.0 Å². The number of nitrogens with two attached hydrogens (primary N) is 1. The van der Waals surface area contributed by atoms with Gasteiger partial charge in [0.25, 0.3) is 0 Å². The maximum absolute atomic E-state index is 6.04. The van der Waals surface area contributed by atoms with Crippen molar-refractivity contribution in [2.24, 2.45) is 11.7 Å². The Morgan fingerprint density at radius 2 is 1.93 bits per heavy atom. The van der Waals surface area contributed by atoms with Gasteiger partial charge in [0.05, 0.1) is 12.1 Å². The zero-order valence-electron chi connectivity index (χ0n) is 9.16. The summed E-state index contributed by atoms with van der Waals surface area (Å²) in [6, 6.07) is 5.61. The molecular weight excluding hydrogens is 233 g/mol. The quantitative estimate of drug-likeness (QED) is 0.891. The molecule has 0 spiro atoms. The summed E-state index contributed by atoms with van der Waals surface area (Å²) >= 11 is 6.00. The first kappa shape index (κ1) is 14.6. The topological polar surface area (TPSA) is 35.2 Å². The normalized spacial score (nSPS) is 12.1. The molecule has 0 bridgehead atoms. The zero-order valence-corrected chi connectivity index (χ0v) is 10.7. The molecule has 0 aliphatic heterocycles. The Morgan fingerprint density at radius 3 is 2.40 bits per heavy atom. The van der Waals surface area contributed by atoms with Crippen LogP contribution in [-0.4, -0.2) is 7.11 Å². The van der Waals surface area contributed by atoms with Crippen molar-refractivity contribution in [1.29, 1.82) is 0 Å². The summed E-state index contributed by atoms with van der Waals surface area (Å²) in [4.78, 5) is 0. The summed E-state index contributed by atoms with van der Waals surface area (Å²) in [7, 11) is 1.61. The Labute approximate surface area is 102 Å². The van der Waals surface area contributed by atoms with Crippen molar-refractivity contribution in [2.45, 2.75) is 19.9 Å². The molecule has 4 heteroatoms. The molecule has 2 nitrogen and oxygen atoms in total. The van der Waals surface area contributed by atoms with Gasteiger partial charge in [0.15, 0.2) is 0 Å². The highest BCUT2D eigenvalue weighted by molar-refractivity contribution is 6.32. The minimum Gasteiger partial charge on any atom is -0.495 e. The fraction of sp³-hybridized carbons (Fsp3) is 0.455. The number of halogens is 2. The van der Waals surface area contributed by atoms with Crippen LogP contribution in [0.5, 0.6) is 5.75 Å². The number of methoxy groups -OCH3 is 1. The summed E-state index contributed by atoms with van der Waals surface area (Å²) in [5.74, 6) is 1.05. The minimum absolute atomic E-state index is 0. The molecule has 0 aliphatic rings. The van der Waals surface area contributed by atoms with Gasteiger partial charge in [0.2, 0.25) is 0 Å². The maximum atomic E-state index is 6.04. The highest BCUT2D eigenvalue weighted by Gasteiger charge is 2.16. The average molecular weight is 250 g/mol. The summed E-state index contributed by atoms with van der Waals surface area (Å²) in [6.07, 6.45) is 0. The van der Waals surface area contributed by atoms with Crippen LogP contribution >= 0.6 is 24.0 Å². The Hall–Kier alpha value is -0.440. The first-order valence-electron chi connectivity index (χ1n) is 4.66. The second-order valence-electron chi connectivity index (χ2n) is 3.63. The lowest BCUT2D eigenvalue weighted by Crippen LogP contribution is -2.17. The molecule has 0 aromatic heterocycles. The van der Waals surface area contributed by atoms with Crippen LogP contribution in [0.4, 0.5) is 0 Å². The fourth-order valence-electron chi connectivity index (χ4n) is 1.36. The highest BCUT2D eigenvalue weighted by atomic mass is 35.5. The molecule has 0 saturated carbocycles. The monoisotopic (exact) mass is 249 g/mol. The molecule has 86 valence electrons. The van der Waals surface area contributed by atoms with E-state index in [2.05, 4.69) is 13.8 Å². The zero-order chi connectivity index (χ0) is 10.7. The molecule has 0 fully saturated rings. The smallest absolute Gasteiger partial charge is 0.142 e. The Bertz CT molecular complexity index is 315. The number of rotatable bonds is 3. The van der Waals surface area contributed by atoms with Crippen molar-refractivity contribution in [3.63, 3.8) is 0 Å². The highest BCUT2D eigenvalue weighted by Crippen LogP contribution is 2.33. The van der Waals surface area contributed by atoms with Gasteiger partial charge in [0.1, 0.15) is 5.75 Å². The third kappa shape index (κ3) is 3.26. The number of ether oxygens (including phenoxy) is 1. The van der Waals surface area contributed by atoms with Crippen LogP contribution in [0.3, 0.4) is 0 Å². The lowest BCUT2D eigenvalue weighted by Gasteiger charge is -2.19. The lowest BCUT2D eigenvalue weighted by molar-refractivity contribution is 0.396. The van der Waals surface area contributed by atoms with Gasteiger partial charge < -0.3 is 10.5 Å². The van der Waals surface area contributed by atoms with E-state index in [-0.39, 0.29) is 18.4 Å². The molecule has 1 atom stereocenters. The predicted molar refractivity (Wildman–Crippen MR) is 67.0 cm³/mol. The van der Waals surface area contributed by atoms with Gasteiger partial charge >= 0.3 is 0 Å². The van der Waals surface area contributed by atoms with E-state index in [0.717, 1.165) is 5.56 Å². The number of hydrogen-bond acceptors (Lipinski definition) is 2. The summed E-state index contributed by atoms with van der Waals surface area (Å²) in [5, 5.41) is 0.612. The van der Waals surface area contributed by atoms with Crippen LogP contribution in [0.15, 0.2) is 18.2 Å². The van der Waals surface area contributed by atoms with Crippen molar-refractivity contribution in [3.8, 4) is 5.75 Å². The van der Waals surface area contributed by atoms with Gasteiger partial charge in [-0.3, -0.25) is 0 Å². The van der Waals surface area contributed by atoms with E-state index in [1.54, 1.807) is 13.2 Å². The predicted octanol–water partition coefficient (Wildman–Crippen LogP) is 3.43. The number of hydrogen-bond donors (Lipinski definition) is 1. The van der Waals surface area contributed by atoms with E-state index in [1.807, 2.05) is 12.1 Å². The average Bonchev–Trinajstić information content (AvgIpc) is 2.16. The first-order chi connectivity index (χ1) is 6.57. The van der Waals surface area contributed by atoms with E-state index in [1.165, 1.54) is 0 Å². The molecule has 0 heterocycles. The van der Waals surface area contributed by atoms with E-state index >= 15 is 0 Å². The molecule has 1 aromatic rings. The van der Waals surface area contributed by atoms with Crippen molar-refractivity contribution >= 4 is 24.0 Å². The molecule has 1 rings (SSSR count). The Balaban J connectivity index is 0.00000196. The van der Waals surface area contributed by atoms with Crippen molar-refractivity contribution < 1.29 is 4.74 Å². The van der Waals surface area contributed by atoms with Gasteiger partial charge in [0, 0.05) is 11.6 Å². The number of benzene rings is 1. The van der Waals surface area contributed by atoms with Crippen LogP contribution in [-0.2, 0) is 0 Å². The SMILES string of the molecule is COc1c(Cl)cccc1C(N)C(C)C.Cl. The maximum Gasteiger partial charge on any atom is 0.142 e. The van der Waals surface area contributed by atoms with Gasteiger partial charge in [-0.2, -0.15) is 0 Å². The van der Waals surface area contributed by atoms with Gasteiger partial charge in [-0.1, -0.05) is 37.6 Å². The Morgan fingerprint density at radius 1 is 1.33 bits per heavy atom. The van der Waals surface area contributed by atoms with Gasteiger partial charge in [-0.15, -0.1) is 12.4 Å². The lowest BCUT2D eigenvalue weighted by atomic mass is 9.96. The molecular formula is C11H17Cl2NO. The van der Waals surface area contributed by atoms with Gasteiger partial charge in [-0.25, -0.2) is 0 Å². The van der Waals surface area contributed by atoms with Crippen LogP contribution in [0.25, 0.3) is 0 Å². The van der Waals surface area contributed by atoms with Crippen LogP contribution in [0.2, 0.25) is 5.02 Å². The number of para-hydroxylation sites is 1. The standard InChI is InChI=1S/C11H16ClNO.ClH/c1-7(2)10(13)8-5-4-6-9(12)11(8)14-3;/h4-7,10H,13H2,1-3H3;1H. The van der Waals surface area contributed by atoms with Crippen LogP contribution in [0.1, 0.15) is 25.5 Å². The van der Waals surface area contributed by atoms with E-state index in [4.69, 9.17) is 22.1 Å². The third-order valence-electron chi connectivity index (χ3n) is 2.28. The second kappa shape index (κ2) is 6.21. The van der Waals surface area contributed by atoms with Crippen molar-refractivity contribution in [2.75, 3.05) is 7.11 Å². The Kier molecular flexibility index (Phi) is 6.03. The fourth-order valence-corrected chi connectivity index (χ4v) is 1.62. The summed E-state index contributed by atoms with van der Waals surface area (Å²) < 4.78 is 5.24. The van der Waals surface area contributed by atoms with Crippen LogP contribution < -0.4 is 10.5 Å². The second-order valence-corrected chi connectivity index (χ2v) is 4.04. The van der Waals surface area contributed by atoms with Crippen molar-refractivity contribution in [3.05, 3.63) is 28.8 Å². The molecule has 0 amide bonds. The molecule has 0 saturated heterocycles. The largest absolute Gasteiger partial charge is 0.495 e. The summed E-state index contributed by atoms with van der Waals surface area (Å²) in [5.41, 5.74) is 7.01. The molecule has 1 aromatic carbocycles. The molecule has 2 N–H and O–H groups in total.